The van der Waals surface area contributed by atoms with E-state index in [1.807, 2.05) is 12.1 Å². The molecular formula is C17H14N2O4. The first kappa shape index (κ1) is 14.6. The van der Waals surface area contributed by atoms with Gasteiger partial charge in [0.15, 0.2) is 0 Å². The number of hydrogen-bond acceptors (Lipinski definition) is 4. The molecule has 0 atom stereocenters. The van der Waals surface area contributed by atoms with E-state index in [2.05, 4.69) is 4.98 Å². The first-order chi connectivity index (χ1) is 11.0. The molecule has 0 bridgehead atoms. The number of benzene rings is 2. The quantitative estimate of drug-likeness (QED) is 0.642. The molecule has 0 aliphatic carbocycles. The molecule has 3 aromatic rings. The molecule has 0 spiro atoms. The number of hydrogen-bond donors (Lipinski definition) is 3. The van der Waals surface area contributed by atoms with Crippen molar-refractivity contribution in [1.29, 1.82) is 0 Å². The maximum absolute atomic E-state index is 12.2. The Hall–Kier alpha value is -3.28. The molecule has 1 aromatic heterocycles. The van der Waals surface area contributed by atoms with Gasteiger partial charge in [0.1, 0.15) is 17.9 Å². The van der Waals surface area contributed by atoms with Crippen molar-refractivity contribution in [3.8, 4) is 5.75 Å². The van der Waals surface area contributed by atoms with E-state index in [1.165, 1.54) is 12.3 Å². The number of aromatic nitrogens is 1. The van der Waals surface area contributed by atoms with Crippen LogP contribution in [0.2, 0.25) is 0 Å². The third-order valence-electron chi connectivity index (χ3n) is 3.44. The summed E-state index contributed by atoms with van der Waals surface area (Å²) in [7, 11) is 0. The number of ether oxygens (including phenoxy) is 1. The molecule has 0 amide bonds. The van der Waals surface area contributed by atoms with Gasteiger partial charge < -0.3 is 20.6 Å². The number of anilines is 1. The molecule has 116 valence electrons. The summed E-state index contributed by atoms with van der Waals surface area (Å²) in [5.74, 6) is -0.785. The van der Waals surface area contributed by atoms with Crippen LogP contribution in [0, 0.1) is 0 Å². The summed E-state index contributed by atoms with van der Waals surface area (Å²) >= 11 is 0. The van der Waals surface area contributed by atoms with Crippen molar-refractivity contribution in [2.75, 3.05) is 5.73 Å². The van der Waals surface area contributed by atoms with Gasteiger partial charge in [-0.15, -0.1) is 0 Å². The van der Waals surface area contributed by atoms with Crippen molar-refractivity contribution in [2.24, 2.45) is 0 Å². The fraction of sp³-hybridized carbons (Fsp3) is 0.0588. The van der Waals surface area contributed by atoms with Crippen LogP contribution in [0.3, 0.4) is 0 Å². The van der Waals surface area contributed by atoms with Gasteiger partial charge in [-0.2, -0.15) is 0 Å². The van der Waals surface area contributed by atoms with Gasteiger partial charge in [0.25, 0.3) is 0 Å². The maximum atomic E-state index is 12.2. The lowest BCUT2D eigenvalue weighted by molar-refractivity contribution is 0.0695. The minimum atomic E-state index is -1.26. The highest BCUT2D eigenvalue weighted by Crippen LogP contribution is 2.19. The highest BCUT2D eigenvalue weighted by atomic mass is 16.5. The molecule has 4 N–H and O–H groups in total. The highest BCUT2D eigenvalue weighted by molar-refractivity contribution is 5.92. The maximum Gasteiger partial charge on any atom is 0.341 e. The van der Waals surface area contributed by atoms with Crippen LogP contribution in [-0.2, 0) is 6.61 Å². The van der Waals surface area contributed by atoms with Gasteiger partial charge in [-0.1, -0.05) is 12.1 Å². The van der Waals surface area contributed by atoms with Crippen LogP contribution in [0.15, 0.2) is 53.5 Å². The average molecular weight is 310 g/mol. The number of fused-ring (bicyclic) bond motifs is 1. The van der Waals surface area contributed by atoms with E-state index < -0.39 is 11.4 Å². The normalized spacial score (nSPS) is 10.6. The minimum Gasteiger partial charge on any atom is -0.489 e. The number of aromatic carboxylic acids is 1. The summed E-state index contributed by atoms with van der Waals surface area (Å²) < 4.78 is 5.65. The van der Waals surface area contributed by atoms with Crippen molar-refractivity contribution < 1.29 is 14.6 Å². The number of rotatable bonds is 4. The molecule has 0 aliphatic heterocycles. The van der Waals surface area contributed by atoms with Crippen LogP contribution in [0.5, 0.6) is 5.75 Å². The first-order valence-corrected chi connectivity index (χ1v) is 6.90. The standard InChI is InChI=1S/C17H14N2O4/c18-11-3-1-2-10(6-11)9-23-12-4-5-15-13(7-12)16(20)14(8-19-15)17(21)22/h1-8H,9,18H2,(H,19,20)(H,21,22). The molecule has 0 saturated heterocycles. The van der Waals surface area contributed by atoms with Crippen LogP contribution in [0.4, 0.5) is 5.69 Å². The Morgan fingerprint density at radius 2 is 2.04 bits per heavy atom. The number of nitrogen functional groups attached to an aromatic ring is 1. The molecule has 0 radical (unpaired) electrons. The highest BCUT2D eigenvalue weighted by Gasteiger charge is 2.12. The molecule has 3 rings (SSSR count). The Labute approximate surface area is 131 Å². The lowest BCUT2D eigenvalue weighted by Gasteiger charge is -2.08. The first-order valence-electron chi connectivity index (χ1n) is 6.90. The Kier molecular flexibility index (Phi) is 3.72. The van der Waals surface area contributed by atoms with Crippen LogP contribution in [0.1, 0.15) is 15.9 Å². The Morgan fingerprint density at radius 3 is 2.78 bits per heavy atom. The van der Waals surface area contributed by atoms with E-state index >= 15 is 0 Å². The SMILES string of the molecule is Nc1cccc(COc2ccc3[nH]cc(C(=O)O)c(=O)c3c2)c1. The summed E-state index contributed by atoms with van der Waals surface area (Å²) in [6, 6.07) is 12.2. The monoisotopic (exact) mass is 310 g/mol. The topological polar surface area (TPSA) is 105 Å². The summed E-state index contributed by atoms with van der Waals surface area (Å²) in [6.45, 7) is 0.299. The second-order valence-electron chi connectivity index (χ2n) is 5.08. The van der Waals surface area contributed by atoms with Crippen molar-refractivity contribution in [2.45, 2.75) is 6.61 Å². The Bertz CT molecular complexity index is 947. The van der Waals surface area contributed by atoms with Gasteiger partial charge in [-0.3, -0.25) is 4.79 Å². The Morgan fingerprint density at radius 1 is 1.22 bits per heavy atom. The molecule has 1 heterocycles. The molecule has 23 heavy (non-hydrogen) atoms. The van der Waals surface area contributed by atoms with Gasteiger partial charge in [0.2, 0.25) is 5.43 Å². The number of carboxylic acids is 1. The van der Waals surface area contributed by atoms with E-state index in [-0.39, 0.29) is 10.9 Å². The molecule has 0 aliphatic rings. The third kappa shape index (κ3) is 3.01. The number of aromatic amines is 1. The molecule has 6 nitrogen and oxygen atoms in total. The molecular weight excluding hydrogens is 296 g/mol. The molecule has 2 aromatic carbocycles. The van der Waals surface area contributed by atoms with Gasteiger partial charge in [0.05, 0.1) is 5.39 Å². The number of carboxylic acid groups (broad SMARTS) is 1. The zero-order valence-corrected chi connectivity index (χ0v) is 12.1. The second-order valence-corrected chi connectivity index (χ2v) is 5.08. The summed E-state index contributed by atoms with van der Waals surface area (Å²) in [6.07, 6.45) is 1.19. The summed E-state index contributed by atoms with van der Waals surface area (Å²) in [4.78, 5) is 26.0. The van der Waals surface area contributed by atoms with E-state index in [0.717, 1.165) is 5.56 Å². The van der Waals surface area contributed by atoms with E-state index in [1.54, 1.807) is 24.3 Å². The summed E-state index contributed by atoms with van der Waals surface area (Å²) in [5.41, 5.74) is 6.97. The lowest BCUT2D eigenvalue weighted by atomic mass is 10.1. The van der Waals surface area contributed by atoms with Crippen molar-refractivity contribution in [1.82, 2.24) is 4.98 Å². The Balaban J connectivity index is 1.91. The third-order valence-corrected chi connectivity index (χ3v) is 3.44. The van der Waals surface area contributed by atoms with Gasteiger partial charge in [-0.05, 0) is 35.9 Å². The molecule has 0 unspecified atom stereocenters. The zero-order valence-electron chi connectivity index (χ0n) is 12.1. The molecule has 0 fully saturated rings. The number of nitrogens with two attached hydrogens (primary N) is 1. The minimum absolute atomic E-state index is 0.273. The van der Waals surface area contributed by atoms with Gasteiger partial charge in [0, 0.05) is 17.4 Å². The van der Waals surface area contributed by atoms with Gasteiger partial charge >= 0.3 is 5.97 Å². The second kappa shape index (κ2) is 5.84. The van der Waals surface area contributed by atoms with Crippen LogP contribution >= 0.6 is 0 Å². The smallest absolute Gasteiger partial charge is 0.341 e. The van der Waals surface area contributed by atoms with E-state index in [9.17, 15) is 9.59 Å². The van der Waals surface area contributed by atoms with Crippen molar-refractivity contribution >= 4 is 22.6 Å². The lowest BCUT2D eigenvalue weighted by Crippen LogP contribution is -2.15. The number of H-pyrrole nitrogens is 1. The predicted molar refractivity (Wildman–Crippen MR) is 86.7 cm³/mol. The van der Waals surface area contributed by atoms with Crippen LogP contribution < -0.4 is 15.9 Å². The van der Waals surface area contributed by atoms with Crippen LogP contribution in [0.25, 0.3) is 10.9 Å². The fourth-order valence-electron chi connectivity index (χ4n) is 2.30. The average Bonchev–Trinajstić information content (AvgIpc) is 2.53. The molecule has 0 saturated carbocycles. The predicted octanol–water partition coefficient (Wildman–Crippen LogP) is 2.39. The van der Waals surface area contributed by atoms with E-state index in [0.29, 0.717) is 23.6 Å². The van der Waals surface area contributed by atoms with Crippen molar-refractivity contribution in [3.63, 3.8) is 0 Å². The zero-order chi connectivity index (χ0) is 16.4. The molecule has 6 heteroatoms. The number of nitrogens with one attached hydrogen (secondary N) is 1. The fourth-order valence-corrected chi connectivity index (χ4v) is 2.30. The van der Waals surface area contributed by atoms with E-state index in [4.69, 9.17) is 15.6 Å². The summed E-state index contributed by atoms with van der Waals surface area (Å²) in [5, 5.41) is 9.28. The number of carbonyl (C=O) groups is 1. The van der Waals surface area contributed by atoms with Gasteiger partial charge in [-0.25, -0.2) is 4.79 Å². The number of pyridine rings is 1. The van der Waals surface area contributed by atoms with Crippen LogP contribution in [-0.4, -0.2) is 16.1 Å². The van der Waals surface area contributed by atoms with Crippen molar-refractivity contribution in [3.05, 3.63) is 70.0 Å². The largest absolute Gasteiger partial charge is 0.489 e.